The zero-order valence-corrected chi connectivity index (χ0v) is 14.8. The molecule has 0 aliphatic heterocycles. The van der Waals surface area contributed by atoms with Crippen molar-refractivity contribution in [2.75, 3.05) is 19.0 Å². The van der Waals surface area contributed by atoms with Gasteiger partial charge in [-0.25, -0.2) is 0 Å². The topological polar surface area (TPSA) is 114 Å². The SMILES string of the molecule is CCOc1cc(/C=C(\C#N)C(=O)Nc2cccc([N+](=O)[O-])c2)ccc1OC. The van der Waals surface area contributed by atoms with Crippen molar-refractivity contribution in [3.8, 4) is 17.6 Å². The summed E-state index contributed by atoms with van der Waals surface area (Å²) in [5.41, 5.74) is 0.478. The molecule has 0 aliphatic rings. The summed E-state index contributed by atoms with van der Waals surface area (Å²) in [5, 5.41) is 22.6. The molecule has 0 atom stereocenters. The van der Waals surface area contributed by atoms with Crippen LogP contribution in [0.4, 0.5) is 11.4 Å². The summed E-state index contributed by atoms with van der Waals surface area (Å²) in [4.78, 5) is 22.6. The van der Waals surface area contributed by atoms with Crippen LogP contribution < -0.4 is 14.8 Å². The van der Waals surface area contributed by atoms with E-state index in [-0.39, 0.29) is 16.9 Å². The molecule has 0 bridgehead atoms. The van der Waals surface area contributed by atoms with Crippen molar-refractivity contribution in [1.82, 2.24) is 0 Å². The molecule has 8 nitrogen and oxygen atoms in total. The second-order valence-electron chi connectivity index (χ2n) is 5.27. The summed E-state index contributed by atoms with van der Waals surface area (Å²) < 4.78 is 10.7. The average Bonchev–Trinajstić information content (AvgIpc) is 2.66. The number of methoxy groups -OCH3 is 1. The van der Waals surface area contributed by atoms with Gasteiger partial charge in [0.15, 0.2) is 11.5 Å². The number of hydrogen-bond donors (Lipinski definition) is 1. The Morgan fingerprint density at radius 3 is 2.70 bits per heavy atom. The Morgan fingerprint density at radius 2 is 2.07 bits per heavy atom. The third-order valence-electron chi connectivity index (χ3n) is 3.48. The van der Waals surface area contributed by atoms with Crippen LogP contribution in [0.5, 0.6) is 11.5 Å². The second kappa shape index (κ2) is 9.01. The standard InChI is InChI=1S/C19H17N3O5/c1-3-27-18-10-13(7-8-17(18)26-2)9-14(12-20)19(23)21-15-5-4-6-16(11-15)22(24)25/h4-11H,3H2,1-2H3,(H,21,23)/b14-9+. The first-order chi connectivity index (χ1) is 13.0. The number of rotatable bonds is 7. The second-order valence-corrected chi connectivity index (χ2v) is 5.27. The molecular formula is C19H17N3O5. The van der Waals surface area contributed by atoms with Crippen LogP contribution in [-0.4, -0.2) is 24.5 Å². The highest BCUT2D eigenvalue weighted by Crippen LogP contribution is 2.29. The molecule has 1 N–H and O–H groups in total. The number of amides is 1. The van der Waals surface area contributed by atoms with E-state index in [0.29, 0.717) is 23.7 Å². The summed E-state index contributed by atoms with van der Waals surface area (Å²) in [6.45, 7) is 2.26. The maximum atomic E-state index is 12.3. The van der Waals surface area contributed by atoms with Gasteiger partial charge in [-0.1, -0.05) is 12.1 Å². The molecule has 138 valence electrons. The van der Waals surface area contributed by atoms with Crippen LogP contribution in [0.1, 0.15) is 12.5 Å². The van der Waals surface area contributed by atoms with Gasteiger partial charge in [-0.2, -0.15) is 5.26 Å². The van der Waals surface area contributed by atoms with Crippen LogP contribution in [0.3, 0.4) is 0 Å². The van der Waals surface area contributed by atoms with Crippen LogP contribution >= 0.6 is 0 Å². The third-order valence-corrected chi connectivity index (χ3v) is 3.48. The van der Waals surface area contributed by atoms with Crippen LogP contribution in [0.25, 0.3) is 6.08 Å². The first kappa shape index (κ1) is 19.5. The van der Waals surface area contributed by atoms with Gasteiger partial charge in [0.1, 0.15) is 11.6 Å². The summed E-state index contributed by atoms with van der Waals surface area (Å²) >= 11 is 0. The predicted octanol–water partition coefficient (Wildman–Crippen LogP) is 3.55. The summed E-state index contributed by atoms with van der Waals surface area (Å²) in [6.07, 6.45) is 1.40. The van der Waals surface area contributed by atoms with E-state index in [4.69, 9.17) is 9.47 Å². The fraction of sp³-hybridized carbons (Fsp3) is 0.158. The van der Waals surface area contributed by atoms with E-state index in [1.165, 1.54) is 37.5 Å². The fourth-order valence-corrected chi connectivity index (χ4v) is 2.26. The molecule has 0 saturated carbocycles. The average molecular weight is 367 g/mol. The van der Waals surface area contributed by atoms with E-state index < -0.39 is 10.8 Å². The Hall–Kier alpha value is -3.86. The van der Waals surface area contributed by atoms with Gasteiger partial charge in [-0.15, -0.1) is 0 Å². The zero-order valence-electron chi connectivity index (χ0n) is 14.8. The van der Waals surface area contributed by atoms with Crippen molar-refractivity contribution < 1.29 is 19.2 Å². The lowest BCUT2D eigenvalue weighted by Crippen LogP contribution is -2.13. The van der Waals surface area contributed by atoms with E-state index in [1.807, 2.05) is 13.0 Å². The number of nitriles is 1. The van der Waals surface area contributed by atoms with Crippen molar-refractivity contribution in [1.29, 1.82) is 5.26 Å². The lowest BCUT2D eigenvalue weighted by Gasteiger charge is -2.10. The minimum Gasteiger partial charge on any atom is -0.493 e. The highest BCUT2D eigenvalue weighted by molar-refractivity contribution is 6.09. The Labute approximate surface area is 155 Å². The van der Waals surface area contributed by atoms with E-state index in [9.17, 15) is 20.2 Å². The molecule has 2 aromatic carbocycles. The molecule has 2 aromatic rings. The Kier molecular flexibility index (Phi) is 6.49. The molecule has 2 rings (SSSR count). The highest BCUT2D eigenvalue weighted by atomic mass is 16.6. The quantitative estimate of drug-likeness (QED) is 0.346. The molecule has 0 radical (unpaired) electrons. The van der Waals surface area contributed by atoms with E-state index in [2.05, 4.69) is 5.32 Å². The number of non-ortho nitro benzene ring substituents is 1. The molecule has 1 amide bonds. The fourth-order valence-electron chi connectivity index (χ4n) is 2.26. The third kappa shape index (κ3) is 5.06. The highest BCUT2D eigenvalue weighted by Gasteiger charge is 2.13. The monoisotopic (exact) mass is 367 g/mol. The molecule has 0 spiro atoms. The Balaban J connectivity index is 2.26. The molecule has 0 fully saturated rings. The number of hydrogen-bond acceptors (Lipinski definition) is 6. The molecule has 0 aromatic heterocycles. The number of nitrogens with one attached hydrogen (secondary N) is 1. The lowest BCUT2D eigenvalue weighted by atomic mass is 10.1. The first-order valence-electron chi connectivity index (χ1n) is 7.97. The Bertz CT molecular complexity index is 931. The van der Waals surface area contributed by atoms with Crippen molar-refractivity contribution in [3.05, 3.63) is 63.7 Å². The van der Waals surface area contributed by atoms with Gasteiger partial charge in [0, 0.05) is 17.8 Å². The minimum absolute atomic E-state index is 0.158. The number of nitro benzene ring substituents is 1. The van der Waals surface area contributed by atoms with Crippen molar-refractivity contribution >= 4 is 23.4 Å². The first-order valence-corrected chi connectivity index (χ1v) is 7.97. The van der Waals surface area contributed by atoms with Crippen LogP contribution in [0, 0.1) is 21.4 Å². The van der Waals surface area contributed by atoms with Gasteiger partial charge in [-0.05, 0) is 36.8 Å². The molecule has 0 unspecified atom stereocenters. The van der Waals surface area contributed by atoms with Gasteiger partial charge < -0.3 is 14.8 Å². The maximum Gasteiger partial charge on any atom is 0.271 e. The van der Waals surface area contributed by atoms with Gasteiger partial charge in [0.25, 0.3) is 11.6 Å². The van der Waals surface area contributed by atoms with Gasteiger partial charge in [0.05, 0.1) is 18.6 Å². The molecular weight excluding hydrogens is 350 g/mol. The van der Waals surface area contributed by atoms with Gasteiger partial charge in [-0.3, -0.25) is 14.9 Å². The normalized spacial score (nSPS) is 10.6. The molecule has 8 heteroatoms. The van der Waals surface area contributed by atoms with Crippen molar-refractivity contribution in [2.24, 2.45) is 0 Å². The van der Waals surface area contributed by atoms with Gasteiger partial charge >= 0.3 is 0 Å². The van der Waals surface area contributed by atoms with E-state index in [1.54, 1.807) is 18.2 Å². The molecule has 0 aliphatic carbocycles. The smallest absolute Gasteiger partial charge is 0.271 e. The van der Waals surface area contributed by atoms with Crippen LogP contribution in [0.2, 0.25) is 0 Å². The lowest BCUT2D eigenvalue weighted by molar-refractivity contribution is -0.384. The minimum atomic E-state index is -0.674. The zero-order chi connectivity index (χ0) is 19.8. The maximum absolute atomic E-state index is 12.3. The summed E-state index contributed by atoms with van der Waals surface area (Å²) in [5.74, 6) is 0.352. The predicted molar refractivity (Wildman–Crippen MR) is 99.5 cm³/mol. The number of carbonyl (C=O) groups is 1. The van der Waals surface area contributed by atoms with E-state index in [0.717, 1.165) is 0 Å². The number of anilines is 1. The molecule has 0 heterocycles. The number of ether oxygens (including phenoxy) is 2. The van der Waals surface area contributed by atoms with Gasteiger partial charge in [0.2, 0.25) is 0 Å². The number of carbonyl (C=O) groups excluding carboxylic acids is 1. The van der Waals surface area contributed by atoms with Crippen molar-refractivity contribution in [3.63, 3.8) is 0 Å². The number of benzene rings is 2. The molecule has 0 saturated heterocycles. The number of nitrogens with zero attached hydrogens (tertiary/aromatic N) is 2. The summed E-state index contributed by atoms with van der Waals surface area (Å²) in [6, 6.07) is 12.3. The van der Waals surface area contributed by atoms with Crippen molar-refractivity contribution in [2.45, 2.75) is 6.92 Å². The summed E-state index contributed by atoms with van der Waals surface area (Å²) in [7, 11) is 1.51. The largest absolute Gasteiger partial charge is 0.493 e. The van der Waals surface area contributed by atoms with E-state index >= 15 is 0 Å². The van der Waals surface area contributed by atoms with Crippen LogP contribution in [0.15, 0.2) is 48.0 Å². The van der Waals surface area contributed by atoms with Crippen LogP contribution in [-0.2, 0) is 4.79 Å². The number of nitro groups is 1. The molecule has 27 heavy (non-hydrogen) atoms. The Morgan fingerprint density at radius 1 is 1.30 bits per heavy atom.